The number of carbonyl (C=O) groups is 2. The number of hydrogen-bond donors (Lipinski definition) is 2. The zero-order valence-electron chi connectivity index (χ0n) is 19.7. The van der Waals surface area contributed by atoms with E-state index in [1.54, 1.807) is 48.7 Å². The summed E-state index contributed by atoms with van der Waals surface area (Å²) in [4.78, 5) is 51.0. The number of carbonyl (C=O) groups excluding carboxylic acids is 2. The minimum atomic E-state index is -0.534. The van der Waals surface area contributed by atoms with Crippen molar-refractivity contribution in [2.45, 2.75) is 17.1 Å². The van der Waals surface area contributed by atoms with Crippen molar-refractivity contribution in [3.63, 3.8) is 0 Å². The Morgan fingerprint density at radius 2 is 1.61 bits per heavy atom. The highest BCUT2D eigenvalue weighted by Gasteiger charge is 2.17. The molecule has 38 heavy (non-hydrogen) atoms. The molecule has 0 radical (unpaired) electrons. The van der Waals surface area contributed by atoms with Crippen molar-refractivity contribution in [1.82, 2.24) is 4.98 Å². The number of non-ortho nitro benzene ring substituents is 2. The summed E-state index contributed by atoms with van der Waals surface area (Å²) in [6, 6.07) is 18.3. The quantitative estimate of drug-likeness (QED) is 0.146. The maximum atomic E-state index is 12.7. The van der Waals surface area contributed by atoms with Crippen LogP contribution < -0.4 is 10.6 Å². The maximum absolute atomic E-state index is 12.7. The monoisotopic (exact) mass is 549 g/mol. The van der Waals surface area contributed by atoms with Crippen LogP contribution in [0.3, 0.4) is 0 Å². The molecule has 192 valence electrons. The van der Waals surface area contributed by atoms with Crippen molar-refractivity contribution in [3.05, 3.63) is 104 Å². The van der Waals surface area contributed by atoms with E-state index in [0.717, 1.165) is 4.90 Å². The smallest absolute Gasteiger partial charge is 0.270 e. The van der Waals surface area contributed by atoms with Gasteiger partial charge in [0.15, 0.2) is 5.13 Å². The molecule has 2 N–H and O–H groups in total. The Kier molecular flexibility index (Phi) is 8.09. The van der Waals surface area contributed by atoms with Crippen LogP contribution in [0.25, 0.3) is 11.3 Å². The van der Waals surface area contributed by atoms with Gasteiger partial charge in [0.05, 0.1) is 20.8 Å². The first-order valence-corrected chi connectivity index (χ1v) is 12.8. The highest BCUT2D eigenvalue weighted by atomic mass is 32.2. The average molecular weight is 550 g/mol. The lowest BCUT2D eigenvalue weighted by Crippen LogP contribution is -2.22. The normalized spacial score (nSPS) is 11.4. The lowest BCUT2D eigenvalue weighted by Gasteiger charge is -2.11. The van der Waals surface area contributed by atoms with E-state index in [9.17, 15) is 29.8 Å². The minimum Gasteiger partial charge on any atom is -0.322 e. The second-order valence-corrected chi connectivity index (χ2v) is 10.1. The molecule has 13 heteroatoms. The van der Waals surface area contributed by atoms with E-state index >= 15 is 0 Å². The third-order valence-electron chi connectivity index (χ3n) is 5.22. The van der Waals surface area contributed by atoms with Crippen LogP contribution in [0.1, 0.15) is 17.3 Å². The van der Waals surface area contributed by atoms with Crippen LogP contribution in [0.15, 0.2) is 83.1 Å². The minimum absolute atomic E-state index is 0.0389. The van der Waals surface area contributed by atoms with Crippen LogP contribution in [0.5, 0.6) is 0 Å². The largest absolute Gasteiger partial charge is 0.322 e. The van der Waals surface area contributed by atoms with E-state index in [2.05, 4.69) is 15.6 Å². The summed E-state index contributed by atoms with van der Waals surface area (Å²) < 4.78 is 0. The van der Waals surface area contributed by atoms with E-state index in [-0.39, 0.29) is 22.8 Å². The lowest BCUT2D eigenvalue weighted by atomic mass is 10.1. The summed E-state index contributed by atoms with van der Waals surface area (Å²) in [5.74, 6) is -0.661. The van der Waals surface area contributed by atoms with Crippen molar-refractivity contribution in [2.75, 3.05) is 10.6 Å². The Morgan fingerprint density at radius 1 is 0.921 bits per heavy atom. The molecule has 0 spiro atoms. The Hall–Kier alpha value is -4.62. The molecule has 4 rings (SSSR count). The van der Waals surface area contributed by atoms with Crippen molar-refractivity contribution >= 4 is 57.1 Å². The number of aromatic nitrogens is 1. The molecule has 0 saturated carbocycles. The van der Waals surface area contributed by atoms with Crippen molar-refractivity contribution in [2.24, 2.45) is 0 Å². The number of anilines is 2. The van der Waals surface area contributed by atoms with E-state index in [0.29, 0.717) is 22.1 Å². The first-order chi connectivity index (χ1) is 18.2. The number of rotatable bonds is 9. The van der Waals surface area contributed by atoms with Crippen molar-refractivity contribution in [3.8, 4) is 11.3 Å². The Labute approximate surface area is 224 Å². The zero-order valence-corrected chi connectivity index (χ0v) is 21.3. The summed E-state index contributed by atoms with van der Waals surface area (Å²) in [7, 11) is 0. The summed E-state index contributed by atoms with van der Waals surface area (Å²) in [6.07, 6.45) is 0. The van der Waals surface area contributed by atoms with Gasteiger partial charge in [-0.15, -0.1) is 23.1 Å². The van der Waals surface area contributed by atoms with E-state index < -0.39 is 21.0 Å². The molecular weight excluding hydrogens is 530 g/mol. The van der Waals surface area contributed by atoms with Crippen molar-refractivity contribution in [1.29, 1.82) is 0 Å². The van der Waals surface area contributed by atoms with E-state index in [4.69, 9.17) is 0 Å². The predicted octanol–water partition coefficient (Wildman–Crippen LogP) is 6.00. The standard InChI is InChI=1S/C25H19N5O6S2/c1-15(23(31)28-25-27-22(14-37-25)17-3-2-4-20(13-17)30(35)36)38-21-11-7-18(8-12-21)26-24(32)16-5-9-19(10-6-16)29(33)34/h2-15H,1H3,(H,26,32)(H,27,28,31). The number of nitro benzene ring substituents is 2. The van der Waals surface area contributed by atoms with Gasteiger partial charge >= 0.3 is 0 Å². The number of benzene rings is 3. The molecule has 0 saturated heterocycles. The van der Waals surface area contributed by atoms with Crippen LogP contribution in [0, 0.1) is 20.2 Å². The van der Waals surface area contributed by atoms with E-state index in [1.165, 1.54) is 59.5 Å². The molecule has 1 unspecified atom stereocenters. The highest BCUT2D eigenvalue weighted by Crippen LogP contribution is 2.29. The van der Waals surface area contributed by atoms with Gasteiger partial charge in [0.2, 0.25) is 5.91 Å². The van der Waals surface area contributed by atoms with Crippen molar-refractivity contribution < 1.29 is 19.4 Å². The van der Waals surface area contributed by atoms with Crippen LogP contribution >= 0.6 is 23.1 Å². The summed E-state index contributed by atoms with van der Waals surface area (Å²) in [6.45, 7) is 1.75. The number of thiazole rings is 1. The van der Waals surface area contributed by atoms with Gasteiger partial charge in [-0.3, -0.25) is 29.8 Å². The lowest BCUT2D eigenvalue weighted by molar-refractivity contribution is -0.385. The number of nitrogens with one attached hydrogen (secondary N) is 2. The molecule has 0 fully saturated rings. The molecule has 0 aliphatic heterocycles. The molecule has 3 aromatic carbocycles. The number of thioether (sulfide) groups is 1. The molecule has 0 aliphatic rings. The molecule has 1 aromatic heterocycles. The van der Waals surface area contributed by atoms with Gasteiger partial charge in [-0.1, -0.05) is 12.1 Å². The average Bonchev–Trinajstić information content (AvgIpc) is 3.38. The second-order valence-electron chi connectivity index (χ2n) is 7.88. The topological polar surface area (TPSA) is 157 Å². The number of hydrogen-bond acceptors (Lipinski definition) is 9. The van der Waals surface area contributed by atoms with Crippen LogP contribution in [-0.2, 0) is 4.79 Å². The molecular formula is C25H19N5O6S2. The van der Waals surface area contributed by atoms with Crippen LogP contribution in [0.4, 0.5) is 22.2 Å². The molecule has 0 aliphatic carbocycles. The Bertz CT molecular complexity index is 1510. The van der Waals surface area contributed by atoms with Crippen LogP contribution in [0.2, 0.25) is 0 Å². The number of nitrogens with zero attached hydrogens (tertiary/aromatic N) is 3. The Balaban J connectivity index is 1.32. The summed E-state index contributed by atoms with van der Waals surface area (Å²) >= 11 is 2.54. The van der Waals surface area contributed by atoms with E-state index in [1.807, 2.05) is 0 Å². The molecule has 11 nitrogen and oxygen atoms in total. The summed E-state index contributed by atoms with van der Waals surface area (Å²) in [5, 5.41) is 28.9. The number of nitro groups is 2. The first-order valence-electron chi connectivity index (χ1n) is 11.0. The van der Waals surface area contributed by atoms with Gasteiger partial charge < -0.3 is 10.6 Å². The zero-order chi connectivity index (χ0) is 27.2. The fourth-order valence-corrected chi connectivity index (χ4v) is 4.85. The van der Waals surface area contributed by atoms with Gasteiger partial charge in [0.25, 0.3) is 17.3 Å². The fourth-order valence-electron chi connectivity index (χ4n) is 3.26. The molecule has 1 heterocycles. The first kappa shape index (κ1) is 26.4. The van der Waals surface area contributed by atoms with Gasteiger partial charge in [0, 0.05) is 51.4 Å². The highest BCUT2D eigenvalue weighted by molar-refractivity contribution is 8.00. The summed E-state index contributed by atoms with van der Waals surface area (Å²) in [5.41, 5.74) is 1.79. The molecule has 2 amide bonds. The molecule has 1 atom stereocenters. The molecule has 0 bridgehead atoms. The third kappa shape index (κ3) is 6.57. The SMILES string of the molecule is CC(Sc1ccc(NC(=O)c2ccc([N+](=O)[O-])cc2)cc1)C(=O)Nc1nc(-c2cccc([N+](=O)[O-])c2)cs1. The Morgan fingerprint density at radius 3 is 2.26 bits per heavy atom. The maximum Gasteiger partial charge on any atom is 0.270 e. The van der Waals surface area contributed by atoms with Gasteiger partial charge in [-0.05, 0) is 43.3 Å². The number of amides is 2. The van der Waals surface area contributed by atoms with Gasteiger partial charge in [0.1, 0.15) is 0 Å². The van der Waals surface area contributed by atoms with Gasteiger partial charge in [-0.2, -0.15) is 0 Å². The van der Waals surface area contributed by atoms with Crippen LogP contribution in [-0.4, -0.2) is 31.9 Å². The predicted molar refractivity (Wildman–Crippen MR) is 146 cm³/mol. The molecule has 4 aromatic rings. The van der Waals surface area contributed by atoms with Gasteiger partial charge in [-0.25, -0.2) is 4.98 Å². The third-order valence-corrected chi connectivity index (χ3v) is 7.09. The fraction of sp³-hybridized carbons (Fsp3) is 0.0800. The second kappa shape index (κ2) is 11.6.